The molecule has 152 valence electrons. The zero-order valence-electron chi connectivity index (χ0n) is 16.6. The van der Waals surface area contributed by atoms with E-state index < -0.39 is 17.7 Å². The number of benzene rings is 2. The molecule has 1 aliphatic rings. The van der Waals surface area contributed by atoms with Crippen LogP contribution in [-0.2, 0) is 20.9 Å². The summed E-state index contributed by atoms with van der Waals surface area (Å²) in [6.07, 6.45) is 0.200. The Hall–Kier alpha value is -3.12. The number of ketones is 1. The van der Waals surface area contributed by atoms with Crippen LogP contribution in [0.1, 0.15) is 30.5 Å². The SMILES string of the molecule is CCC(=O)C1=C(O)C(=O)N(CCOC)C1c1cccc(OCc2ccccc2)c1. The number of amides is 1. The molecule has 0 aliphatic carbocycles. The second-order valence-electron chi connectivity index (χ2n) is 6.78. The Morgan fingerprint density at radius 1 is 1.14 bits per heavy atom. The van der Waals surface area contributed by atoms with Crippen LogP contribution in [0, 0.1) is 0 Å². The lowest BCUT2D eigenvalue weighted by atomic mass is 9.95. The normalized spacial score (nSPS) is 16.4. The lowest BCUT2D eigenvalue weighted by Crippen LogP contribution is -2.33. The van der Waals surface area contributed by atoms with Gasteiger partial charge in [-0.2, -0.15) is 0 Å². The van der Waals surface area contributed by atoms with E-state index in [9.17, 15) is 14.7 Å². The summed E-state index contributed by atoms with van der Waals surface area (Å²) in [5, 5.41) is 10.4. The first kappa shape index (κ1) is 20.6. The van der Waals surface area contributed by atoms with Crippen LogP contribution in [-0.4, -0.2) is 42.0 Å². The predicted octanol–water partition coefficient (Wildman–Crippen LogP) is 3.59. The van der Waals surface area contributed by atoms with Crippen LogP contribution in [0.25, 0.3) is 0 Å². The number of aliphatic hydroxyl groups is 1. The molecule has 0 saturated heterocycles. The van der Waals surface area contributed by atoms with Gasteiger partial charge in [0.05, 0.1) is 18.2 Å². The van der Waals surface area contributed by atoms with Gasteiger partial charge < -0.3 is 19.5 Å². The first-order valence-electron chi connectivity index (χ1n) is 9.59. The number of ether oxygens (including phenoxy) is 2. The molecule has 1 unspecified atom stereocenters. The van der Waals surface area contributed by atoms with Crippen LogP contribution in [0.15, 0.2) is 65.9 Å². The third-order valence-corrected chi connectivity index (χ3v) is 4.88. The first-order chi connectivity index (χ1) is 14.1. The summed E-state index contributed by atoms with van der Waals surface area (Å²) in [6, 6.07) is 16.4. The van der Waals surface area contributed by atoms with Crippen molar-refractivity contribution in [1.82, 2.24) is 4.90 Å². The van der Waals surface area contributed by atoms with Gasteiger partial charge in [0.15, 0.2) is 11.5 Å². The van der Waals surface area contributed by atoms with Gasteiger partial charge in [-0.25, -0.2) is 0 Å². The van der Waals surface area contributed by atoms with E-state index in [1.54, 1.807) is 14.0 Å². The van der Waals surface area contributed by atoms with E-state index in [2.05, 4.69) is 0 Å². The van der Waals surface area contributed by atoms with E-state index in [4.69, 9.17) is 9.47 Å². The summed E-state index contributed by atoms with van der Waals surface area (Å²) in [5.74, 6) is -0.662. The maximum atomic E-state index is 12.6. The van der Waals surface area contributed by atoms with Crippen molar-refractivity contribution in [1.29, 1.82) is 0 Å². The summed E-state index contributed by atoms with van der Waals surface area (Å²) in [4.78, 5) is 26.6. The zero-order chi connectivity index (χ0) is 20.8. The summed E-state index contributed by atoms with van der Waals surface area (Å²) < 4.78 is 11.0. The number of carbonyl (C=O) groups is 2. The molecule has 1 heterocycles. The summed E-state index contributed by atoms with van der Waals surface area (Å²) in [6.45, 7) is 2.68. The molecule has 2 aromatic rings. The maximum Gasteiger partial charge on any atom is 0.290 e. The second-order valence-corrected chi connectivity index (χ2v) is 6.78. The molecule has 0 aromatic heterocycles. The Balaban J connectivity index is 1.90. The molecule has 3 rings (SSSR count). The topological polar surface area (TPSA) is 76.1 Å². The molecule has 1 aliphatic heterocycles. The standard InChI is InChI=1S/C23H25NO5/c1-3-19(25)20-21(24(12-13-28-2)23(27)22(20)26)17-10-7-11-18(14-17)29-15-16-8-5-4-6-9-16/h4-11,14,21,26H,3,12-13,15H2,1-2H3. The number of nitrogens with zero attached hydrogens (tertiary/aromatic N) is 1. The fourth-order valence-corrected chi connectivity index (χ4v) is 3.41. The Morgan fingerprint density at radius 3 is 2.59 bits per heavy atom. The Kier molecular flexibility index (Phi) is 6.67. The highest BCUT2D eigenvalue weighted by molar-refractivity contribution is 6.08. The third-order valence-electron chi connectivity index (χ3n) is 4.88. The van der Waals surface area contributed by atoms with E-state index in [0.717, 1.165) is 5.56 Å². The van der Waals surface area contributed by atoms with E-state index in [0.29, 0.717) is 24.5 Å². The molecule has 1 N–H and O–H groups in total. The number of aliphatic hydroxyl groups excluding tert-OH is 1. The zero-order valence-corrected chi connectivity index (χ0v) is 16.6. The lowest BCUT2D eigenvalue weighted by Gasteiger charge is -2.26. The van der Waals surface area contributed by atoms with Gasteiger partial charge in [-0.3, -0.25) is 9.59 Å². The van der Waals surface area contributed by atoms with Gasteiger partial charge >= 0.3 is 0 Å². The molecule has 6 nitrogen and oxygen atoms in total. The van der Waals surface area contributed by atoms with Crippen molar-refractivity contribution >= 4 is 11.7 Å². The average Bonchev–Trinajstić information content (AvgIpc) is 3.01. The third kappa shape index (κ3) is 4.49. The summed E-state index contributed by atoms with van der Waals surface area (Å²) >= 11 is 0. The minimum atomic E-state index is -0.662. The van der Waals surface area contributed by atoms with Gasteiger partial charge in [-0.1, -0.05) is 49.4 Å². The number of Topliss-reactive ketones (excluding diaryl/α,β-unsaturated/α-hetero) is 1. The average molecular weight is 395 g/mol. The molecular formula is C23H25NO5. The molecule has 2 aromatic carbocycles. The lowest BCUT2D eigenvalue weighted by molar-refractivity contribution is -0.130. The fraction of sp³-hybridized carbons (Fsp3) is 0.304. The number of hydrogen-bond acceptors (Lipinski definition) is 5. The molecule has 0 radical (unpaired) electrons. The van der Waals surface area contributed by atoms with E-state index in [1.807, 2.05) is 54.6 Å². The van der Waals surface area contributed by atoms with Crippen molar-refractivity contribution in [2.75, 3.05) is 20.3 Å². The molecule has 0 bridgehead atoms. The number of hydrogen-bond donors (Lipinski definition) is 1. The number of carbonyl (C=O) groups excluding carboxylic acids is 2. The van der Waals surface area contributed by atoms with Crippen LogP contribution < -0.4 is 4.74 Å². The van der Waals surface area contributed by atoms with Crippen LogP contribution in [0.2, 0.25) is 0 Å². The summed E-state index contributed by atoms with van der Waals surface area (Å²) in [5.41, 5.74) is 1.88. The van der Waals surface area contributed by atoms with E-state index in [1.165, 1.54) is 4.90 Å². The van der Waals surface area contributed by atoms with Crippen LogP contribution >= 0.6 is 0 Å². The van der Waals surface area contributed by atoms with E-state index in [-0.39, 0.29) is 24.3 Å². The molecule has 1 amide bonds. The molecule has 0 saturated carbocycles. The van der Waals surface area contributed by atoms with Crippen LogP contribution in [0.3, 0.4) is 0 Å². The van der Waals surface area contributed by atoms with E-state index >= 15 is 0 Å². The van der Waals surface area contributed by atoms with Gasteiger partial charge in [0.25, 0.3) is 5.91 Å². The molecule has 6 heteroatoms. The minimum absolute atomic E-state index is 0.133. The minimum Gasteiger partial charge on any atom is -0.503 e. The van der Waals surface area contributed by atoms with Crippen molar-refractivity contribution in [3.8, 4) is 5.75 Å². The van der Waals surface area contributed by atoms with Gasteiger partial charge in [-0.15, -0.1) is 0 Å². The Bertz CT molecular complexity index is 906. The largest absolute Gasteiger partial charge is 0.503 e. The molecule has 29 heavy (non-hydrogen) atoms. The molecular weight excluding hydrogens is 370 g/mol. The quantitative estimate of drug-likeness (QED) is 0.702. The molecule has 0 spiro atoms. The highest BCUT2D eigenvalue weighted by Crippen LogP contribution is 2.39. The predicted molar refractivity (Wildman–Crippen MR) is 108 cm³/mol. The fourth-order valence-electron chi connectivity index (χ4n) is 3.41. The van der Waals surface area contributed by atoms with Crippen molar-refractivity contribution in [3.05, 3.63) is 77.1 Å². The van der Waals surface area contributed by atoms with Gasteiger partial charge in [0.2, 0.25) is 0 Å². The highest BCUT2D eigenvalue weighted by atomic mass is 16.5. The highest BCUT2D eigenvalue weighted by Gasteiger charge is 2.42. The second kappa shape index (κ2) is 9.39. The Morgan fingerprint density at radius 2 is 1.90 bits per heavy atom. The Labute approximate surface area is 170 Å². The van der Waals surface area contributed by atoms with Gasteiger partial charge in [0, 0.05) is 20.1 Å². The number of rotatable bonds is 9. The van der Waals surface area contributed by atoms with Gasteiger partial charge in [-0.05, 0) is 23.3 Å². The molecule has 0 fully saturated rings. The summed E-state index contributed by atoms with van der Waals surface area (Å²) in [7, 11) is 1.54. The van der Waals surface area contributed by atoms with Crippen LogP contribution in [0.4, 0.5) is 0 Å². The molecule has 1 atom stereocenters. The van der Waals surface area contributed by atoms with Crippen molar-refractivity contribution < 1.29 is 24.2 Å². The number of methoxy groups -OCH3 is 1. The maximum absolute atomic E-state index is 12.6. The van der Waals surface area contributed by atoms with Gasteiger partial charge in [0.1, 0.15) is 12.4 Å². The van der Waals surface area contributed by atoms with Crippen molar-refractivity contribution in [2.24, 2.45) is 0 Å². The van der Waals surface area contributed by atoms with Crippen molar-refractivity contribution in [2.45, 2.75) is 26.0 Å². The first-order valence-corrected chi connectivity index (χ1v) is 9.59. The van der Waals surface area contributed by atoms with Crippen molar-refractivity contribution in [3.63, 3.8) is 0 Å². The monoisotopic (exact) mass is 395 g/mol. The smallest absolute Gasteiger partial charge is 0.290 e. The van der Waals surface area contributed by atoms with Crippen LogP contribution in [0.5, 0.6) is 5.75 Å².